The average Bonchev–Trinajstić information content (AvgIpc) is 1.37. The highest BCUT2D eigenvalue weighted by Crippen LogP contribution is 2.46. The number of hydrogen-bond donors (Lipinski definition) is 8. The van der Waals surface area contributed by atoms with Gasteiger partial charge in [-0.15, -0.1) is 31.1 Å². The first-order valence-corrected chi connectivity index (χ1v) is 58.1. The molecule has 5 aliphatic rings. The van der Waals surface area contributed by atoms with Gasteiger partial charge >= 0.3 is 0 Å². The number of hydrogen-bond acceptors (Lipinski definition) is 22. The molecule has 150 heavy (non-hydrogen) atoms. The minimum Gasteiger partial charge on any atom is -0.410 e. The Morgan fingerprint density at radius 2 is 0.693 bits per heavy atom. The number of nitrogens with zero attached hydrogens (tertiary/aromatic N) is 17. The van der Waals surface area contributed by atoms with Crippen molar-refractivity contribution in [3.63, 3.8) is 0 Å². The van der Waals surface area contributed by atoms with Gasteiger partial charge in [-0.05, 0) is 283 Å². The van der Waals surface area contributed by atoms with Crippen LogP contribution in [0.2, 0.25) is 36.3 Å². The average molecular weight is 2180 g/mol. The highest BCUT2D eigenvalue weighted by molar-refractivity contribution is 9.09. The van der Waals surface area contributed by atoms with E-state index in [2.05, 4.69) is 184 Å². The quantitative estimate of drug-likeness (QED) is 0.00742. The number of terminal acetylenes is 3. The molecule has 3 unspecified atom stereocenters. The molecule has 0 amide bonds. The van der Waals surface area contributed by atoms with Crippen LogP contribution in [0.3, 0.4) is 0 Å². The van der Waals surface area contributed by atoms with Crippen molar-refractivity contribution in [3.05, 3.63) is 188 Å². The van der Waals surface area contributed by atoms with Crippen molar-refractivity contribution in [3.8, 4) is 66.1 Å². The van der Waals surface area contributed by atoms with Crippen LogP contribution in [0.1, 0.15) is 296 Å². The fourth-order valence-electron chi connectivity index (χ4n) is 18.0. The molecule has 11 aromatic rings. The van der Waals surface area contributed by atoms with Gasteiger partial charge in [-0.2, -0.15) is 40.9 Å². The van der Waals surface area contributed by atoms with Crippen LogP contribution >= 0.6 is 15.9 Å². The van der Waals surface area contributed by atoms with Gasteiger partial charge in [0.1, 0.15) is 35.4 Å². The minimum atomic E-state index is -2.58. The lowest BCUT2D eigenvalue weighted by Gasteiger charge is -2.39. The van der Waals surface area contributed by atoms with Gasteiger partial charge in [0.15, 0.2) is 45.7 Å². The maximum Gasteiger partial charge on any atom is 0.248 e. The first-order valence-electron chi connectivity index (χ1n) is 51.1. The molecule has 11 heterocycles. The number of carbonyl (C=O) groups is 1. The molecule has 0 bridgehead atoms. The highest BCUT2D eigenvalue weighted by atomic mass is 79.9. The molecule has 0 spiro atoms. The van der Waals surface area contributed by atoms with Crippen LogP contribution < -0.4 is 26.6 Å². The number of alkyl halides is 11. The van der Waals surface area contributed by atoms with Crippen molar-refractivity contribution in [2.45, 2.75) is 379 Å². The second-order valence-corrected chi connectivity index (χ2v) is 53.3. The molecular formula is C109H146BrF10N23O5Si2. The number of aldehydes is 1. The summed E-state index contributed by atoms with van der Waals surface area (Å²) in [6.45, 7) is 41.3. The molecule has 28 nitrogen and oxygen atoms in total. The molecule has 812 valence electrons. The van der Waals surface area contributed by atoms with E-state index in [1.807, 2.05) is 129 Å². The zero-order valence-electron chi connectivity index (χ0n) is 89.7. The van der Waals surface area contributed by atoms with E-state index >= 15 is 0 Å². The normalized spacial score (nSPS) is 17.5. The summed E-state index contributed by atoms with van der Waals surface area (Å²) in [7, 11) is -4.28. The standard InChI is InChI=1S/C26H39F2N7OSi.C26H38F2N4OSi.C20H24F2N4O.C17H22F2N4O.C17H20F2N4O.C3H3Br/c1-17-12-18(2)35(33-17)24-14-19(13-23(31-24)30-20-8-10-26(27,28)11-9-20)22(15-21-16-29-34-32-21)36-37(6,7)25(3,4)5;1-9-10-22(33-34(7,8)25(4,5)6)20-16-23(29-21-11-13-26(27,28)14-12-21)30-24(17-20)32-19(3)15-18(2)31-32;1-4-5-17(27)15-11-18(23-16-6-8-20(21,22)9-7-16)24-19(12-15)26-14(3)10-13(2)25-26;2*1-11-7-12(2)23(22-11)16-9-13(10-24)8-15(21-16)20-14-3-5-17(18,19)6-4-14;1-2-3-4/h12-14,16,20,22H,8-11,15H2,1-7H3,(H,30,31)(H,29,32,34);1,15-17,21-22H,10-14H2,2-8H3,(H,29,30);1,10-12,16-17,27H,5-9H2,2-3H3,(H,23,24);7-9,14,24H,3-6,10H2,1-2H3,(H,20,21);7-10,14H,3-6H2,1-2H3,(H,20,21);1H,3H2. The van der Waals surface area contributed by atoms with Crippen molar-refractivity contribution in [1.82, 2.24) is 89.2 Å². The fraction of sp³-hybridized carbons (Fsp3) is 0.550. The summed E-state index contributed by atoms with van der Waals surface area (Å²) in [4.78, 5) is 34.5. The molecule has 11 aromatic heterocycles. The van der Waals surface area contributed by atoms with Gasteiger partial charge in [-0.3, -0.25) is 4.79 Å². The Hall–Kier alpha value is -11.7. The summed E-state index contributed by atoms with van der Waals surface area (Å²) >= 11 is 3.01. The van der Waals surface area contributed by atoms with Crippen molar-refractivity contribution in [2.24, 2.45) is 0 Å². The molecular weight excluding hydrogens is 2040 g/mol. The lowest BCUT2D eigenvalue weighted by atomic mass is 9.92. The number of aliphatic hydroxyl groups excluding tert-OH is 2. The van der Waals surface area contributed by atoms with E-state index in [9.17, 15) is 58.9 Å². The fourth-order valence-corrected chi connectivity index (χ4v) is 20.6. The summed E-state index contributed by atoms with van der Waals surface area (Å²) in [5.41, 5.74) is 13.5. The Bertz CT molecular complexity index is 6420. The van der Waals surface area contributed by atoms with Crippen molar-refractivity contribution in [2.75, 3.05) is 31.9 Å². The van der Waals surface area contributed by atoms with Crippen molar-refractivity contribution in [1.29, 1.82) is 0 Å². The lowest BCUT2D eigenvalue weighted by molar-refractivity contribution is -0.0366. The predicted octanol–water partition coefficient (Wildman–Crippen LogP) is 25.3. The van der Waals surface area contributed by atoms with Crippen LogP contribution in [-0.4, -0.2) is 188 Å². The minimum absolute atomic E-state index is 0.00895. The Morgan fingerprint density at radius 3 is 0.960 bits per heavy atom. The van der Waals surface area contributed by atoms with Crippen LogP contribution in [0.4, 0.5) is 73.0 Å². The van der Waals surface area contributed by atoms with Crippen molar-refractivity contribution < 1.29 is 67.8 Å². The Balaban J connectivity index is 0.000000178. The summed E-state index contributed by atoms with van der Waals surface area (Å²) in [5.74, 6) is 0.648. The monoisotopic (exact) mass is 2180 g/mol. The second-order valence-electron chi connectivity index (χ2n) is 43.2. The van der Waals surface area contributed by atoms with Gasteiger partial charge < -0.3 is 45.6 Å². The number of aliphatic hydroxyl groups is 2. The summed E-state index contributed by atoms with van der Waals surface area (Å²) in [6.07, 6.45) is 20.8. The maximum absolute atomic E-state index is 13.8. The van der Waals surface area contributed by atoms with Crippen LogP contribution in [0, 0.1) is 106 Å². The van der Waals surface area contributed by atoms with E-state index in [4.69, 9.17) is 38.1 Å². The number of aromatic amines is 1. The number of halogens is 11. The number of aromatic nitrogens is 18. The van der Waals surface area contributed by atoms with Gasteiger partial charge in [0.2, 0.25) is 29.6 Å². The van der Waals surface area contributed by atoms with Gasteiger partial charge in [-0.25, -0.2) is 92.2 Å². The number of H-pyrrole nitrogens is 1. The molecule has 5 aliphatic carbocycles. The Labute approximate surface area is 884 Å². The number of rotatable bonds is 28. The first kappa shape index (κ1) is 119. The number of carbonyl (C=O) groups excluding carboxylic acids is 1. The zero-order chi connectivity index (χ0) is 110. The van der Waals surface area contributed by atoms with Gasteiger partial charge in [-0.1, -0.05) is 63.4 Å². The molecule has 0 saturated heterocycles. The SMILES string of the molecule is C#CCBr.C#CCC(O)c1cc(NC2CCC(F)(F)CC2)nc(-n2nc(C)cc2C)c1.C#CCC(O[Si](C)(C)C(C)(C)C)c1cc(NC2CCC(F)(F)CC2)nc(-n2nc(C)cc2C)c1.Cc1cc(C)n(-c2cc(C(Cc3cn[nH]n3)O[Si](C)(C)C(C)(C)C)cc(NC3CCC(F)(F)CC3)n2)n1.Cc1cc(C)n(-c2cc(C=O)cc(NC3CCC(F)(F)CC3)n2)n1.Cc1cc(C)n(-c2cc(CO)cc(NC3CCC(F)(F)CC3)n2)n1. The van der Waals surface area contributed by atoms with Gasteiger partial charge in [0.25, 0.3) is 0 Å². The molecule has 5 saturated carbocycles. The van der Waals surface area contributed by atoms with Crippen molar-refractivity contribution >= 4 is 67.9 Å². The lowest BCUT2D eigenvalue weighted by Crippen LogP contribution is -2.42. The zero-order valence-corrected chi connectivity index (χ0v) is 93.3. The smallest absolute Gasteiger partial charge is 0.248 e. The number of pyridine rings is 5. The Kier molecular flexibility index (Phi) is 40.1. The van der Waals surface area contributed by atoms with Gasteiger partial charge in [0, 0.05) is 148 Å². The first-order chi connectivity index (χ1) is 70.3. The molecule has 0 radical (unpaired) electrons. The number of aryl methyl sites for hydroxylation is 10. The molecule has 8 N–H and O–H groups in total. The summed E-state index contributed by atoms with van der Waals surface area (Å²) in [6, 6.07) is 27.8. The van der Waals surface area contributed by atoms with E-state index in [-0.39, 0.29) is 130 Å². The largest absolute Gasteiger partial charge is 0.410 e. The molecule has 5 fully saturated rings. The highest BCUT2D eigenvalue weighted by Gasteiger charge is 2.44. The molecule has 41 heteroatoms. The topological polar surface area (TPSA) is 331 Å². The van der Waals surface area contributed by atoms with Crippen LogP contribution in [-0.2, 0) is 21.9 Å². The molecule has 3 atom stereocenters. The molecule has 0 aromatic carbocycles. The van der Waals surface area contributed by atoms with Gasteiger partial charge in [0.05, 0.1) is 70.6 Å². The van der Waals surface area contributed by atoms with E-state index in [0.717, 1.165) is 80.0 Å². The third-order valence-corrected chi connectivity index (χ3v) is 37.5. The summed E-state index contributed by atoms with van der Waals surface area (Å²) in [5, 5.41) is 70.5. The van der Waals surface area contributed by atoms with E-state index < -0.39 is 52.4 Å². The second kappa shape index (κ2) is 50.7. The number of nitrogens with one attached hydrogen (secondary N) is 6. The summed E-state index contributed by atoms with van der Waals surface area (Å²) < 4.78 is 157. The van der Waals surface area contributed by atoms with Crippen LogP contribution in [0.5, 0.6) is 0 Å². The van der Waals surface area contributed by atoms with Crippen LogP contribution in [0.15, 0.2) is 97.2 Å². The van der Waals surface area contributed by atoms with E-state index in [0.29, 0.717) is 157 Å². The molecule has 16 rings (SSSR count). The third-order valence-electron chi connectivity index (χ3n) is 28.2. The number of anilines is 5. The van der Waals surface area contributed by atoms with E-state index in [1.54, 1.807) is 61.3 Å². The van der Waals surface area contributed by atoms with Crippen LogP contribution in [0.25, 0.3) is 29.1 Å². The molecule has 0 aliphatic heterocycles. The maximum atomic E-state index is 13.8. The Morgan fingerprint density at radius 1 is 0.420 bits per heavy atom. The predicted molar refractivity (Wildman–Crippen MR) is 576 cm³/mol. The van der Waals surface area contributed by atoms with E-state index in [1.165, 1.54) is 0 Å². The third kappa shape index (κ3) is 34.2.